The Morgan fingerprint density at radius 3 is 2.79 bits per heavy atom. The third kappa shape index (κ3) is 1.92. The van der Waals surface area contributed by atoms with Crippen LogP contribution in [0.15, 0.2) is 29.3 Å². The molecule has 0 bridgehead atoms. The second-order valence-electron chi connectivity index (χ2n) is 3.05. The number of para-hydroxylation sites is 1. The zero-order chi connectivity index (χ0) is 9.26. The summed E-state index contributed by atoms with van der Waals surface area (Å²) in [7, 11) is 0. The molecule has 2 nitrogen and oxygen atoms in total. The van der Waals surface area contributed by atoms with Gasteiger partial charge in [-0.25, -0.2) is 0 Å². The summed E-state index contributed by atoms with van der Waals surface area (Å²) in [5.74, 6) is 0. The number of alkyl halides is 1. The van der Waals surface area contributed by atoms with Gasteiger partial charge in [0.2, 0.25) is 0 Å². The normalized spacial score (nSPS) is 18.4. The summed E-state index contributed by atoms with van der Waals surface area (Å²) in [6, 6.07) is 8.00. The Balaban J connectivity index is 0.000000980. The van der Waals surface area contributed by atoms with Gasteiger partial charge in [0.05, 0.1) is 5.36 Å². The summed E-state index contributed by atoms with van der Waals surface area (Å²) < 4.78 is 0. The fourth-order valence-corrected chi connectivity index (χ4v) is 1.93. The van der Waals surface area contributed by atoms with Gasteiger partial charge in [-0.05, 0) is 24.6 Å². The van der Waals surface area contributed by atoms with Gasteiger partial charge >= 0.3 is 0 Å². The van der Waals surface area contributed by atoms with Crippen LogP contribution >= 0.6 is 24.0 Å². The first-order valence-electron chi connectivity index (χ1n) is 4.33. The van der Waals surface area contributed by atoms with E-state index in [0.717, 1.165) is 22.6 Å². The van der Waals surface area contributed by atoms with Crippen LogP contribution in [0.5, 0.6) is 0 Å². The number of halogens is 2. The van der Waals surface area contributed by atoms with E-state index in [0.29, 0.717) is 6.54 Å². The summed E-state index contributed by atoms with van der Waals surface area (Å²) in [6.45, 7) is 0.627. The van der Waals surface area contributed by atoms with Crippen molar-refractivity contribution in [2.75, 3.05) is 6.54 Å². The van der Waals surface area contributed by atoms with Crippen molar-refractivity contribution in [3.63, 3.8) is 0 Å². The highest BCUT2D eigenvalue weighted by atomic mass is 35.5. The number of rotatable bonds is 2. The molecule has 0 aliphatic carbocycles. The van der Waals surface area contributed by atoms with Crippen LogP contribution < -0.4 is 16.3 Å². The molecule has 0 fully saturated rings. The predicted molar refractivity (Wildman–Crippen MR) is 61.2 cm³/mol. The molecule has 1 aliphatic rings. The summed E-state index contributed by atoms with van der Waals surface area (Å²) in [6.07, 6.45) is 0.828. The zero-order valence-electron chi connectivity index (χ0n) is 7.61. The molecule has 0 saturated heterocycles. The topological polar surface area (TPSA) is 38.4 Å². The highest BCUT2D eigenvalue weighted by Gasteiger charge is 2.14. The lowest BCUT2D eigenvalue weighted by Crippen LogP contribution is -2.22. The van der Waals surface area contributed by atoms with Crippen molar-refractivity contribution in [3.8, 4) is 0 Å². The van der Waals surface area contributed by atoms with E-state index < -0.39 is 0 Å². The molecule has 14 heavy (non-hydrogen) atoms. The highest BCUT2D eigenvalue weighted by molar-refractivity contribution is 6.25. The van der Waals surface area contributed by atoms with Gasteiger partial charge in [0.15, 0.2) is 0 Å². The molecule has 1 aromatic rings. The quantitative estimate of drug-likeness (QED) is 0.593. The Labute approximate surface area is 93.9 Å². The number of nitrogens with two attached hydrogens (primary N) is 1. The van der Waals surface area contributed by atoms with Crippen molar-refractivity contribution in [2.45, 2.75) is 11.9 Å². The maximum atomic E-state index is 6.06. The highest BCUT2D eigenvalue weighted by Crippen LogP contribution is 2.15. The lowest BCUT2D eigenvalue weighted by Gasteiger charge is -2.02. The fraction of sp³-hybridized carbons (Fsp3) is 0.300. The molecule has 2 N–H and O–H groups in total. The SMILES string of the molecule is Cl.NCCC1=c2ccccc2=NC1Cl. The number of hydrogen-bond donors (Lipinski definition) is 1. The van der Waals surface area contributed by atoms with Gasteiger partial charge < -0.3 is 5.73 Å². The largest absolute Gasteiger partial charge is 0.330 e. The molecule has 0 aromatic heterocycles. The summed E-state index contributed by atoms with van der Waals surface area (Å²) in [5, 5.41) is 2.15. The molecule has 1 aliphatic heterocycles. The van der Waals surface area contributed by atoms with Crippen LogP contribution in [0.2, 0.25) is 0 Å². The van der Waals surface area contributed by atoms with Gasteiger partial charge in [0.25, 0.3) is 0 Å². The Bertz CT molecular complexity index is 428. The van der Waals surface area contributed by atoms with E-state index in [1.807, 2.05) is 24.3 Å². The van der Waals surface area contributed by atoms with Gasteiger partial charge in [0, 0.05) is 5.22 Å². The Morgan fingerprint density at radius 1 is 1.36 bits per heavy atom. The smallest absolute Gasteiger partial charge is 0.146 e. The monoisotopic (exact) mass is 230 g/mol. The van der Waals surface area contributed by atoms with Gasteiger partial charge in [-0.1, -0.05) is 29.8 Å². The van der Waals surface area contributed by atoms with E-state index in [9.17, 15) is 0 Å². The molecule has 0 saturated carbocycles. The first-order valence-corrected chi connectivity index (χ1v) is 4.76. The van der Waals surface area contributed by atoms with E-state index >= 15 is 0 Å². The number of hydrogen-bond acceptors (Lipinski definition) is 2. The Morgan fingerprint density at radius 2 is 2.07 bits per heavy atom. The predicted octanol–water partition coefficient (Wildman–Crippen LogP) is 0.806. The van der Waals surface area contributed by atoms with Gasteiger partial charge in [-0.2, -0.15) is 0 Å². The number of fused-ring (bicyclic) bond motifs is 1. The van der Waals surface area contributed by atoms with Crippen molar-refractivity contribution >= 4 is 29.6 Å². The molecule has 4 heteroatoms. The minimum atomic E-state index is -0.207. The van der Waals surface area contributed by atoms with E-state index in [-0.39, 0.29) is 17.9 Å². The molecule has 1 unspecified atom stereocenters. The molecular formula is C10H12Cl2N2. The second-order valence-corrected chi connectivity index (χ2v) is 3.46. The lowest BCUT2D eigenvalue weighted by molar-refractivity contribution is 0.971. The number of nitrogens with zero attached hydrogens (tertiary/aromatic N) is 1. The molecule has 2 rings (SSSR count). The van der Waals surface area contributed by atoms with Crippen LogP contribution in [0, 0.1) is 0 Å². The van der Waals surface area contributed by atoms with Gasteiger partial charge in [-0.3, -0.25) is 4.99 Å². The van der Waals surface area contributed by atoms with Crippen LogP contribution in [-0.4, -0.2) is 12.0 Å². The zero-order valence-corrected chi connectivity index (χ0v) is 9.18. The average molecular weight is 231 g/mol. The summed E-state index contributed by atoms with van der Waals surface area (Å²) in [4.78, 5) is 4.32. The van der Waals surface area contributed by atoms with Gasteiger partial charge in [0.1, 0.15) is 5.50 Å². The van der Waals surface area contributed by atoms with Gasteiger partial charge in [-0.15, -0.1) is 12.4 Å². The lowest BCUT2D eigenvalue weighted by atomic mass is 10.1. The van der Waals surface area contributed by atoms with E-state index in [4.69, 9.17) is 17.3 Å². The van der Waals surface area contributed by atoms with Crippen molar-refractivity contribution in [1.82, 2.24) is 0 Å². The standard InChI is InChI=1S/C10H11ClN2.ClH/c11-10-8(5-6-12)7-3-1-2-4-9(7)13-10;/h1-4,10H,5-6,12H2;1H. The molecule has 1 heterocycles. The van der Waals surface area contributed by atoms with Crippen LogP contribution in [0.4, 0.5) is 0 Å². The Hall–Kier alpha value is -0.570. The van der Waals surface area contributed by atoms with Crippen molar-refractivity contribution < 1.29 is 0 Å². The first-order chi connectivity index (χ1) is 6.33. The van der Waals surface area contributed by atoms with E-state index in [2.05, 4.69) is 4.99 Å². The van der Waals surface area contributed by atoms with E-state index in [1.165, 1.54) is 0 Å². The van der Waals surface area contributed by atoms with Crippen molar-refractivity contribution in [3.05, 3.63) is 34.8 Å². The summed E-state index contributed by atoms with van der Waals surface area (Å²) >= 11 is 6.06. The van der Waals surface area contributed by atoms with Crippen LogP contribution in [0.25, 0.3) is 5.57 Å². The number of benzene rings is 1. The Kier molecular flexibility index (Phi) is 3.93. The van der Waals surface area contributed by atoms with Crippen molar-refractivity contribution in [2.24, 2.45) is 10.7 Å². The molecule has 1 aromatic carbocycles. The van der Waals surface area contributed by atoms with Crippen LogP contribution in [-0.2, 0) is 0 Å². The molecular weight excluding hydrogens is 219 g/mol. The molecule has 0 amide bonds. The minimum Gasteiger partial charge on any atom is -0.330 e. The third-order valence-electron chi connectivity index (χ3n) is 2.20. The van der Waals surface area contributed by atoms with E-state index in [1.54, 1.807) is 0 Å². The molecule has 1 atom stereocenters. The second kappa shape index (κ2) is 4.78. The molecule has 0 radical (unpaired) electrons. The minimum absolute atomic E-state index is 0. The molecule has 0 spiro atoms. The molecule has 76 valence electrons. The van der Waals surface area contributed by atoms with Crippen LogP contribution in [0.3, 0.4) is 0 Å². The van der Waals surface area contributed by atoms with Crippen molar-refractivity contribution in [1.29, 1.82) is 0 Å². The average Bonchev–Trinajstić information content (AvgIpc) is 2.44. The van der Waals surface area contributed by atoms with Crippen LogP contribution in [0.1, 0.15) is 6.42 Å². The first kappa shape index (κ1) is 11.5. The maximum Gasteiger partial charge on any atom is 0.146 e. The third-order valence-corrected chi connectivity index (χ3v) is 2.56. The fourth-order valence-electron chi connectivity index (χ4n) is 1.60. The summed E-state index contributed by atoms with van der Waals surface area (Å²) in [5.41, 5.74) is 6.45. The maximum absolute atomic E-state index is 6.06.